The highest BCUT2D eigenvalue weighted by molar-refractivity contribution is 6.31. The molecule has 0 aliphatic rings. The summed E-state index contributed by atoms with van der Waals surface area (Å²) in [7, 11) is 0. The van der Waals surface area contributed by atoms with E-state index in [2.05, 4.69) is 16.5 Å². The number of nitrogens with zero attached hydrogens (tertiary/aromatic N) is 2. The minimum Gasteiger partial charge on any atom is -0.494 e. The number of aromatic nitrogens is 2. The Bertz CT molecular complexity index is 1030. The highest BCUT2D eigenvalue weighted by Gasteiger charge is 2.14. The molecule has 166 valence electrons. The van der Waals surface area contributed by atoms with E-state index in [-0.39, 0.29) is 6.42 Å². The van der Waals surface area contributed by atoms with E-state index in [1.807, 2.05) is 43.3 Å². The van der Waals surface area contributed by atoms with Gasteiger partial charge in [0.1, 0.15) is 22.8 Å². The molecule has 0 saturated carbocycles. The number of para-hydroxylation sites is 1. The molecule has 7 heteroatoms. The molecule has 0 fully saturated rings. The molecule has 0 amide bonds. The van der Waals surface area contributed by atoms with E-state index < -0.39 is 5.97 Å². The maximum atomic E-state index is 10.7. The molecule has 1 aromatic heterocycles. The van der Waals surface area contributed by atoms with E-state index in [0.29, 0.717) is 37.0 Å². The first-order valence-electron chi connectivity index (χ1n) is 10.7. The molecule has 0 radical (unpaired) electrons. The smallest absolute Gasteiger partial charge is 0.303 e. The average Bonchev–Trinajstić information content (AvgIpc) is 3.06. The van der Waals surface area contributed by atoms with Crippen molar-refractivity contribution >= 4 is 28.6 Å². The number of aryl methyl sites for hydroxylation is 1. The van der Waals surface area contributed by atoms with Crippen molar-refractivity contribution in [2.24, 2.45) is 0 Å². The van der Waals surface area contributed by atoms with Crippen molar-refractivity contribution in [2.75, 3.05) is 13.2 Å². The van der Waals surface area contributed by atoms with Crippen LogP contribution in [0, 0.1) is 6.92 Å². The summed E-state index contributed by atoms with van der Waals surface area (Å²) in [5.41, 5.74) is 2.70. The summed E-state index contributed by atoms with van der Waals surface area (Å²) in [4.78, 5) is 15.4. The van der Waals surface area contributed by atoms with Crippen molar-refractivity contribution < 1.29 is 19.4 Å². The molecule has 31 heavy (non-hydrogen) atoms. The Balaban J connectivity index is 1.73. The molecule has 6 nitrogen and oxygen atoms in total. The van der Waals surface area contributed by atoms with Gasteiger partial charge in [0, 0.05) is 11.4 Å². The summed E-state index contributed by atoms with van der Waals surface area (Å²) in [5.74, 6) is 1.48. The minimum atomic E-state index is -0.823. The zero-order valence-electron chi connectivity index (χ0n) is 18.1. The number of rotatable bonds is 12. The van der Waals surface area contributed by atoms with Crippen molar-refractivity contribution in [3.63, 3.8) is 0 Å². The Labute approximate surface area is 187 Å². The van der Waals surface area contributed by atoms with Crippen molar-refractivity contribution in [3.05, 3.63) is 52.8 Å². The Morgan fingerprint density at radius 2 is 1.94 bits per heavy atom. The SMILES string of the molecule is CCCCCOc1ccc(Cn2c(C)nc3c(OCCCC(=O)O)cccc32)c(Cl)c1. The second kappa shape index (κ2) is 11.0. The molecule has 2 aromatic carbocycles. The number of aliphatic carboxylic acids is 1. The lowest BCUT2D eigenvalue weighted by Crippen LogP contribution is -2.04. The van der Waals surface area contributed by atoms with Crippen LogP contribution in [-0.2, 0) is 11.3 Å². The quantitative estimate of drug-likeness (QED) is 0.354. The van der Waals surface area contributed by atoms with Gasteiger partial charge in [-0.05, 0) is 49.6 Å². The number of unbranched alkanes of at least 4 members (excludes halogenated alkanes) is 2. The number of halogens is 1. The molecule has 3 aromatic rings. The van der Waals surface area contributed by atoms with E-state index in [4.69, 9.17) is 26.2 Å². The molecule has 0 saturated heterocycles. The number of benzene rings is 2. The van der Waals surface area contributed by atoms with Gasteiger partial charge in [-0.2, -0.15) is 0 Å². The number of hydrogen-bond donors (Lipinski definition) is 1. The van der Waals surface area contributed by atoms with Gasteiger partial charge in [0.25, 0.3) is 0 Å². The number of hydrogen-bond acceptors (Lipinski definition) is 4. The van der Waals surface area contributed by atoms with Gasteiger partial charge in [0.05, 0.1) is 25.3 Å². The normalized spacial score (nSPS) is 11.1. The number of carboxylic acid groups (broad SMARTS) is 1. The summed E-state index contributed by atoms with van der Waals surface area (Å²) >= 11 is 6.54. The fourth-order valence-electron chi connectivity index (χ4n) is 3.42. The zero-order chi connectivity index (χ0) is 22.2. The molecular weight excluding hydrogens is 416 g/mol. The summed E-state index contributed by atoms with van der Waals surface area (Å²) < 4.78 is 13.7. The maximum Gasteiger partial charge on any atom is 0.303 e. The fraction of sp³-hybridized carbons (Fsp3) is 0.417. The Kier molecular flexibility index (Phi) is 8.18. The zero-order valence-corrected chi connectivity index (χ0v) is 18.8. The first-order chi connectivity index (χ1) is 15.0. The molecule has 0 aliphatic carbocycles. The lowest BCUT2D eigenvalue weighted by Gasteiger charge is -2.12. The van der Waals surface area contributed by atoms with Gasteiger partial charge in [-0.1, -0.05) is 43.5 Å². The largest absolute Gasteiger partial charge is 0.494 e. The fourth-order valence-corrected chi connectivity index (χ4v) is 3.65. The monoisotopic (exact) mass is 444 g/mol. The molecule has 0 unspecified atom stereocenters. The van der Waals surface area contributed by atoms with Gasteiger partial charge in [-0.3, -0.25) is 4.79 Å². The van der Waals surface area contributed by atoms with Gasteiger partial charge < -0.3 is 19.1 Å². The number of imidazole rings is 1. The first kappa shape index (κ1) is 22.9. The highest BCUT2D eigenvalue weighted by Crippen LogP contribution is 2.29. The van der Waals surface area contributed by atoms with E-state index in [1.165, 1.54) is 0 Å². The molecular formula is C24H29ClN2O4. The highest BCUT2D eigenvalue weighted by atomic mass is 35.5. The van der Waals surface area contributed by atoms with E-state index >= 15 is 0 Å². The van der Waals surface area contributed by atoms with Gasteiger partial charge in [0.2, 0.25) is 0 Å². The first-order valence-corrected chi connectivity index (χ1v) is 11.1. The third kappa shape index (κ3) is 6.14. The predicted octanol–water partition coefficient (Wildman–Crippen LogP) is 5.86. The third-order valence-electron chi connectivity index (χ3n) is 5.09. The van der Waals surface area contributed by atoms with Gasteiger partial charge in [-0.25, -0.2) is 4.98 Å². The molecule has 3 rings (SSSR count). The number of carbonyl (C=O) groups is 1. The van der Waals surface area contributed by atoms with Crippen LogP contribution in [-0.4, -0.2) is 33.8 Å². The molecule has 0 aliphatic heterocycles. The third-order valence-corrected chi connectivity index (χ3v) is 5.45. The van der Waals surface area contributed by atoms with Crippen LogP contribution < -0.4 is 9.47 Å². The van der Waals surface area contributed by atoms with Crippen molar-refractivity contribution in [2.45, 2.75) is 52.5 Å². The summed E-state index contributed by atoms with van der Waals surface area (Å²) in [6.45, 7) is 5.74. The van der Waals surface area contributed by atoms with Crippen molar-refractivity contribution in [3.8, 4) is 11.5 Å². The second-order valence-electron chi connectivity index (χ2n) is 7.52. The van der Waals surface area contributed by atoms with Crippen molar-refractivity contribution in [1.82, 2.24) is 9.55 Å². The minimum absolute atomic E-state index is 0.0836. The van der Waals surface area contributed by atoms with Crippen LogP contribution in [0.15, 0.2) is 36.4 Å². The molecule has 0 bridgehead atoms. The summed E-state index contributed by atoms with van der Waals surface area (Å²) in [5, 5.41) is 9.44. The van der Waals surface area contributed by atoms with E-state index in [9.17, 15) is 4.79 Å². The predicted molar refractivity (Wildman–Crippen MR) is 122 cm³/mol. The lowest BCUT2D eigenvalue weighted by molar-refractivity contribution is -0.137. The van der Waals surface area contributed by atoms with Gasteiger partial charge in [0.15, 0.2) is 0 Å². The van der Waals surface area contributed by atoms with E-state index in [1.54, 1.807) is 0 Å². The summed E-state index contributed by atoms with van der Waals surface area (Å²) in [6.07, 6.45) is 3.89. The van der Waals surface area contributed by atoms with Crippen LogP contribution in [0.2, 0.25) is 5.02 Å². The molecule has 0 spiro atoms. The Hall–Kier alpha value is -2.73. The molecule has 1 heterocycles. The Morgan fingerprint density at radius 1 is 1.13 bits per heavy atom. The van der Waals surface area contributed by atoms with Crippen LogP contribution in [0.1, 0.15) is 50.4 Å². The average molecular weight is 445 g/mol. The van der Waals surface area contributed by atoms with Crippen LogP contribution in [0.5, 0.6) is 11.5 Å². The maximum absolute atomic E-state index is 10.7. The lowest BCUT2D eigenvalue weighted by atomic mass is 10.2. The topological polar surface area (TPSA) is 73.6 Å². The van der Waals surface area contributed by atoms with Crippen LogP contribution in [0.3, 0.4) is 0 Å². The van der Waals surface area contributed by atoms with Crippen LogP contribution in [0.25, 0.3) is 11.0 Å². The number of carboxylic acids is 1. The summed E-state index contributed by atoms with van der Waals surface area (Å²) in [6, 6.07) is 11.6. The van der Waals surface area contributed by atoms with Crippen LogP contribution >= 0.6 is 11.6 Å². The number of fused-ring (bicyclic) bond motifs is 1. The van der Waals surface area contributed by atoms with Gasteiger partial charge in [-0.15, -0.1) is 0 Å². The molecule has 1 N–H and O–H groups in total. The van der Waals surface area contributed by atoms with Gasteiger partial charge >= 0.3 is 5.97 Å². The Morgan fingerprint density at radius 3 is 2.68 bits per heavy atom. The van der Waals surface area contributed by atoms with E-state index in [0.717, 1.165) is 47.4 Å². The van der Waals surface area contributed by atoms with Crippen molar-refractivity contribution in [1.29, 1.82) is 0 Å². The standard InChI is InChI=1S/C24H29ClN2O4/c1-3-4-5-13-30-19-12-11-18(20(25)15-19)16-27-17(2)26-24-21(27)8-6-9-22(24)31-14-7-10-23(28)29/h6,8-9,11-12,15H,3-5,7,10,13-14,16H2,1-2H3,(H,28,29). The van der Waals surface area contributed by atoms with Crippen LogP contribution in [0.4, 0.5) is 0 Å². The second-order valence-corrected chi connectivity index (χ2v) is 7.93. The number of ether oxygens (including phenoxy) is 2. The molecule has 0 atom stereocenters.